The lowest BCUT2D eigenvalue weighted by atomic mass is 9.92. The summed E-state index contributed by atoms with van der Waals surface area (Å²) in [6.07, 6.45) is 9.11. The Morgan fingerprint density at radius 1 is 1.10 bits per heavy atom. The summed E-state index contributed by atoms with van der Waals surface area (Å²) in [5.74, 6) is 0.928. The van der Waals surface area contributed by atoms with Gasteiger partial charge in [-0.25, -0.2) is 9.78 Å². The summed E-state index contributed by atoms with van der Waals surface area (Å²) in [6.45, 7) is 7.79. The molecule has 1 fully saturated rings. The van der Waals surface area contributed by atoms with Gasteiger partial charge in [0, 0.05) is 40.0 Å². The largest absolute Gasteiger partial charge is 0.490 e. The van der Waals surface area contributed by atoms with Crippen LogP contribution in [0.4, 0.5) is 4.79 Å². The van der Waals surface area contributed by atoms with E-state index in [1.807, 2.05) is 27.7 Å². The molecule has 2 aromatic rings. The summed E-state index contributed by atoms with van der Waals surface area (Å²) in [5.41, 5.74) is 3.65. The highest BCUT2D eigenvalue weighted by Crippen LogP contribution is 2.33. The van der Waals surface area contributed by atoms with E-state index in [2.05, 4.69) is 33.8 Å². The lowest BCUT2D eigenvalue weighted by molar-refractivity contribution is 0.0470. The van der Waals surface area contributed by atoms with E-state index in [0.717, 1.165) is 60.9 Å². The van der Waals surface area contributed by atoms with E-state index in [1.165, 1.54) is 0 Å². The van der Waals surface area contributed by atoms with Gasteiger partial charge in [-0.15, -0.1) is 0 Å². The molecule has 2 N–H and O–H groups in total. The lowest BCUT2D eigenvalue weighted by Gasteiger charge is -2.31. The highest BCUT2D eigenvalue weighted by atomic mass is 35.5. The number of halogens is 1. The van der Waals surface area contributed by atoms with Crippen LogP contribution in [0, 0.1) is 6.92 Å². The Bertz CT molecular complexity index is 1260. The van der Waals surface area contributed by atoms with Crippen molar-refractivity contribution in [3.63, 3.8) is 0 Å². The number of alkyl carbamates (subject to hydrolysis) is 1. The third kappa shape index (κ3) is 7.90. The Morgan fingerprint density at radius 2 is 1.85 bits per heavy atom. The number of hydrogen-bond acceptors (Lipinski definition) is 6. The zero-order valence-electron chi connectivity index (χ0n) is 24.1. The maximum absolute atomic E-state index is 13.5. The third-order valence-electron chi connectivity index (χ3n) is 7.10. The summed E-state index contributed by atoms with van der Waals surface area (Å²) in [5, 5.41) is 6.46. The Balaban J connectivity index is 1.50. The monoisotopic (exact) mass is 569 g/mol. The number of amides is 2. The van der Waals surface area contributed by atoms with Gasteiger partial charge >= 0.3 is 6.09 Å². The smallest absolute Gasteiger partial charge is 0.407 e. The second-order valence-corrected chi connectivity index (χ2v) is 11.9. The average molecular weight is 570 g/mol. The van der Waals surface area contributed by atoms with E-state index in [4.69, 9.17) is 25.8 Å². The number of methoxy groups -OCH3 is 1. The Kier molecular flexibility index (Phi) is 9.61. The minimum Gasteiger partial charge on any atom is -0.490 e. The second-order valence-electron chi connectivity index (χ2n) is 11.5. The van der Waals surface area contributed by atoms with Gasteiger partial charge in [0.25, 0.3) is 5.91 Å². The van der Waals surface area contributed by atoms with Gasteiger partial charge in [0.05, 0.1) is 13.2 Å². The molecule has 1 saturated carbocycles. The van der Waals surface area contributed by atoms with Crippen LogP contribution < -0.4 is 20.1 Å². The fraction of sp³-hybridized carbons (Fsp3) is 0.516. The summed E-state index contributed by atoms with van der Waals surface area (Å²) >= 11 is 6.50. The second kappa shape index (κ2) is 12.9. The molecule has 2 amide bonds. The predicted molar refractivity (Wildman–Crippen MR) is 155 cm³/mol. The van der Waals surface area contributed by atoms with Crippen LogP contribution in [0.3, 0.4) is 0 Å². The normalized spacial score (nSPS) is 20.5. The average Bonchev–Trinajstić information content (AvgIpc) is 2.87. The van der Waals surface area contributed by atoms with Gasteiger partial charge in [0.2, 0.25) is 5.88 Å². The van der Waals surface area contributed by atoms with Gasteiger partial charge in [0.15, 0.2) is 0 Å². The molecular weight excluding hydrogens is 530 g/mol. The number of aromatic nitrogens is 1. The summed E-state index contributed by atoms with van der Waals surface area (Å²) in [7, 11) is 1.60. The van der Waals surface area contributed by atoms with Crippen molar-refractivity contribution in [2.45, 2.75) is 96.9 Å². The van der Waals surface area contributed by atoms with E-state index in [1.54, 1.807) is 19.2 Å². The number of nitrogens with one attached hydrogen (secondary N) is 2. The first-order valence-electron chi connectivity index (χ1n) is 14.0. The molecule has 0 spiro atoms. The van der Waals surface area contributed by atoms with Crippen molar-refractivity contribution in [2.24, 2.45) is 0 Å². The molecule has 40 heavy (non-hydrogen) atoms. The molecule has 1 aromatic heterocycles. The van der Waals surface area contributed by atoms with E-state index in [0.29, 0.717) is 35.2 Å². The van der Waals surface area contributed by atoms with Crippen LogP contribution in [-0.4, -0.2) is 41.8 Å². The molecule has 4 rings (SSSR count). The first-order valence-corrected chi connectivity index (χ1v) is 14.4. The summed E-state index contributed by atoms with van der Waals surface area (Å²) in [4.78, 5) is 30.2. The Labute approximate surface area is 241 Å². The van der Waals surface area contributed by atoms with Crippen molar-refractivity contribution in [3.05, 3.63) is 63.3 Å². The van der Waals surface area contributed by atoms with Crippen molar-refractivity contribution < 1.29 is 23.8 Å². The number of allylic oxidation sites excluding steroid dienone is 2. The molecule has 0 unspecified atom stereocenters. The van der Waals surface area contributed by atoms with E-state index >= 15 is 0 Å². The van der Waals surface area contributed by atoms with E-state index < -0.39 is 11.7 Å². The number of carbonyl (C=O) groups is 2. The standard InChI is InChI=1S/C31H40ClN3O5/c1-19-15-20-9-7-6-8-10-24-25(28(36)33-18-26(20)29(34-19)38-5)16-21(32)17-27(24)39-23-13-11-22(12-14-23)35-30(37)40-31(2,3)4/h6,8,15-17,22-23H,7,9-14,18H2,1-5H3,(H,33,36)(H,35,37)/b8-6-. The predicted octanol–water partition coefficient (Wildman–Crippen LogP) is 6.24. The molecule has 1 aromatic carbocycles. The minimum atomic E-state index is -0.532. The highest BCUT2D eigenvalue weighted by molar-refractivity contribution is 6.31. The molecule has 0 radical (unpaired) electrons. The van der Waals surface area contributed by atoms with Crippen LogP contribution in [0.2, 0.25) is 5.02 Å². The van der Waals surface area contributed by atoms with Gasteiger partial charge in [-0.05, 0) is 96.4 Å². The van der Waals surface area contributed by atoms with Gasteiger partial charge < -0.3 is 24.8 Å². The number of carbonyl (C=O) groups excluding carboxylic acids is 2. The number of benzene rings is 1. The maximum atomic E-state index is 13.5. The molecule has 8 nitrogen and oxygen atoms in total. The molecule has 0 bridgehead atoms. The van der Waals surface area contributed by atoms with Crippen molar-refractivity contribution in [1.29, 1.82) is 0 Å². The van der Waals surface area contributed by atoms with Crippen LogP contribution in [0.1, 0.15) is 85.6 Å². The SMILES string of the molecule is COc1nc(C)cc2c1CNC(=O)c1cc(Cl)cc(OC3CCC(NC(=O)OC(C)(C)C)CC3)c1C/C=C\CC2. The zero-order valence-corrected chi connectivity index (χ0v) is 24.8. The fourth-order valence-corrected chi connectivity index (χ4v) is 5.46. The number of ether oxygens (including phenoxy) is 3. The van der Waals surface area contributed by atoms with Gasteiger partial charge in [-0.3, -0.25) is 4.79 Å². The Morgan fingerprint density at radius 3 is 2.55 bits per heavy atom. The number of fused-ring (bicyclic) bond motifs is 2. The van der Waals surface area contributed by atoms with Crippen LogP contribution in [0.5, 0.6) is 11.6 Å². The first-order chi connectivity index (χ1) is 19.0. The van der Waals surface area contributed by atoms with Crippen LogP contribution in [0.25, 0.3) is 0 Å². The minimum absolute atomic E-state index is 0.0430. The van der Waals surface area contributed by atoms with Crippen LogP contribution in [0.15, 0.2) is 30.4 Å². The highest BCUT2D eigenvalue weighted by Gasteiger charge is 2.27. The first kappa shape index (κ1) is 29.7. The number of aryl methyl sites for hydroxylation is 2. The van der Waals surface area contributed by atoms with Gasteiger partial charge in [-0.1, -0.05) is 23.8 Å². The van der Waals surface area contributed by atoms with Gasteiger partial charge in [0.1, 0.15) is 11.4 Å². The third-order valence-corrected chi connectivity index (χ3v) is 7.32. The fourth-order valence-electron chi connectivity index (χ4n) is 5.25. The van der Waals surface area contributed by atoms with Crippen molar-refractivity contribution >= 4 is 23.6 Å². The molecular formula is C31H40ClN3O5. The zero-order chi connectivity index (χ0) is 28.9. The quantitative estimate of drug-likeness (QED) is 0.423. The van der Waals surface area contributed by atoms with Crippen molar-refractivity contribution in [3.8, 4) is 11.6 Å². The number of pyridine rings is 1. The number of hydrogen-bond donors (Lipinski definition) is 2. The molecule has 1 aliphatic carbocycles. The molecule has 0 saturated heterocycles. The van der Waals surface area contributed by atoms with Crippen LogP contribution in [-0.2, 0) is 24.1 Å². The van der Waals surface area contributed by atoms with Crippen molar-refractivity contribution in [1.82, 2.24) is 15.6 Å². The summed E-state index contributed by atoms with van der Waals surface area (Å²) in [6, 6.07) is 5.59. The van der Waals surface area contributed by atoms with E-state index in [-0.39, 0.29) is 18.1 Å². The van der Waals surface area contributed by atoms with Crippen LogP contribution >= 0.6 is 11.6 Å². The summed E-state index contributed by atoms with van der Waals surface area (Å²) < 4.78 is 17.4. The number of nitrogens with zero attached hydrogens (tertiary/aromatic N) is 1. The molecule has 2 aliphatic rings. The molecule has 9 heteroatoms. The molecule has 2 heterocycles. The van der Waals surface area contributed by atoms with Crippen molar-refractivity contribution in [2.75, 3.05) is 7.11 Å². The lowest BCUT2D eigenvalue weighted by Crippen LogP contribution is -2.42. The topological polar surface area (TPSA) is 98.8 Å². The maximum Gasteiger partial charge on any atom is 0.407 e. The molecule has 1 aliphatic heterocycles. The Hall–Kier alpha value is -3.26. The molecule has 0 atom stereocenters. The molecule has 216 valence electrons. The number of rotatable bonds is 4. The van der Waals surface area contributed by atoms with E-state index in [9.17, 15) is 9.59 Å². The van der Waals surface area contributed by atoms with Gasteiger partial charge in [-0.2, -0.15) is 0 Å².